The first-order valence-corrected chi connectivity index (χ1v) is 6.93. The van der Waals surface area contributed by atoms with Gasteiger partial charge in [0.25, 0.3) is 0 Å². The Morgan fingerprint density at radius 3 is 2.62 bits per heavy atom. The molecule has 0 bridgehead atoms. The van der Waals surface area contributed by atoms with Crippen LogP contribution in [0.3, 0.4) is 0 Å². The number of hydrogen-bond acceptors (Lipinski definition) is 3. The second-order valence-corrected chi connectivity index (χ2v) is 5.09. The number of nitrogens with zero attached hydrogens (tertiary/aromatic N) is 1. The molecule has 3 heteroatoms. The summed E-state index contributed by atoms with van der Waals surface area (Å²) in [4.78, 5) is 2.73. The van der Waals surface area contributed by atoms with Crippen molar-refractivity contribution in [3.05, 3.63) is 0 Å². The van der Waals surface area contributed by atoms with Crippen molar-refractivity contribution in [3.63, 3.8) is 0 Å². The maximum absolute atomic E-state index is 5.66. The molecule has 0 aromatic carbocycles. The molecule has 0 aromatic heterocycles. The van der Waals surface area contributed by atoms with Gasteiger partial charge in [-0.1, -0.05) is 6.92 Å². The third-order valence-electron chi connectivity index (χ3n) is 3.93. The highest BCUT2D eigenvalue weighted by atomic mass is 16.5. The fourth-order valence-corrected chi connectivity index (χ4v) is 3.02. The molecule has 2 fully saturated rings. The van der Waals surface area contributed by atoms with Crippen molar-refractivity contribution in [3.8, 4) is 0 Å². The molecule has 1 aliphatic carbocycles. The average molecular weight is 226 g/mol. The van der Waals surface area contributed by atoms with Crippen LogP contribution in [0.15, 0.2) is 0 Å². The lowest BCUT2D eigenvalue weighted by molar-refractivity contribution is -0.0556. The van der Waals surface area contributed by atoms with E-state index in [4.69, 9.17) is 4.74 Å². The van der Waals surface area contributed by atoms with Gasteiger partial charge in [0.05, 0.1) is 6.10 Å². The van der Waals surface area contributed by atoms with Gasteiger partial charge in [0, 0.05) is 25.2 Å². The van der Waals surface area contributed by atoms with Crippen LogP contribution in [0.25, 0.3) is 0 Å². The van der Waals surface area contributed by atoms with Crippen LogP contribution in [-0.4, -0.2) is 49.3 Å². The molecular formula is C13H26N2O. The quantitative estimate of drug-likeness (QED) is 0.745. The van der Waals surface area contributed by atoms with Crippen molar-refractivity contribution >= 4 is 0 Å². The molecule has 1 aliphatic heterocycles. The summed E-state index contributed by atoms with van der Waals surface area (Å²) in [5, 5.41) is 3.48. The van der Waals surface area contributed by atoms with Crippen molar-refractivity contribution in [2.75, 3.05) is 26.2 Å². The van der Waals surface area contributed by atoms with Crippen LogP contribution in [0, 0.1) is 0 Å². The molecule has 2 rings (SSSR count). The first-order chi connectivity index (χ1) is 7.85. The highest BCUT2D eigenvalue weighted by Crippen LogP contribution is 2.30. The Hall–Kier alpha value is -0.120. The lowest BCUT2D eigenvalue weighted by Gasteiger charge is -2.45. The maximum atomic E-state index is 5.66. The Morgan fingerprint density at radius 2 is 2.06 bits per heavy atom. The van der Waals surface area contributed by atoms with Crippen LogP contribution in [0.1, 0.15) is 39.5 Å². The minimum atomic E-state index is 0.545. The van der Waals surface area contributed by atoms with Crippen molar-refractivity contribution in [1.29, 1.82) is 0 Å². The first-order valence-electron chi connectivity index (χ1n) is 6.93. The van der Waals surface area contributed by atoms with E-state index in [1.165, 1.54) is 45.3 Å². The Bertz CT molecular complexity index is 198. The molecule has 2 aliphatic rings. The van der Waals surface area contributed by atoms with E-state index in [1.54, 1.807) is 0 Å². The Labute approximate surface area is 99.5 Å². The molecular weight excluding hydrogens is 200 g/mol. The van der Waals surface area contributed by atoms with Gasteiger partial charge in [0.15, 0.2) is 0 Å². The molecule has 0 amide bonds. The van der Waals surface area contributed by atoms with E-state index in [0.29, 0.717) is 6.10 Å². The van der Waals surface area contributed by atoms with Crippen LogP contribution in [0.2, 0.25) is 0 Å². The summed E-state index contributed by atoms with van der Waals surface area (Å²) in [6.45, 7) is 8.90. The fourth-order valence-electron chi connectivity index (χ4n) is 3.02. The lowest BCUT2D eigenvalue weighted by atomic mass is 9.86. The van der Waals surface area contributed by atoms with E-state index >= 15 is 0 Å². The predicted octanol–water partition coefficient (Wildman–Crippen LogP) is 1.63. The summed E-state index contributed by atoms with van der Waals surface area (Å²) in [6.07, 6.45) is 5.65. The van der Waals surface area contributed by atoms with Gasteiger partial charge in [-0.2, -0.15) is 0 Å². The molecule has 1 heterocycles. The summed E-state index contributed by atoms with van der Waals surface area (Å²) in [7, 11) is 0. The highest BCUT2D eigenvalue weighted by Gasteiger charge is 2.37. The molecule has 1 N–H and O–H groups in total. The van der Waals surface area contributed by atoms with E-state index in [9.17, 15) is 0 Å². The maximum Gasteiger partial charge on any atom is 0.0604 e. The van der Waals surface area contributed by atoms with Crippen LogP contribution < -0.4 is 5.32 Å². The minimum Gasteiger partial charge on any atom is -0.378 e. The van der Waals surface area contributed by atoms with Gasteiger partial charge < -0.3 is 10.1 Å². The molecule has 16 heavy (non-hydrogen) atoms. The molecule has 1 atom stereocenters. The zero-order valence-electron chi connectivity index (χ0n) is 10.7. The molecule has 0 aromatic rings. The highest BCUT2D eigenvalue weighted by molar-refractivity contribution is 4.93. The van der Waals surface area contributed by atoms with Crippen molar-refractivity contribution in [2.24, 2.45) is 0 Å². The summed E-state index contributed by atoms with van der Waals surface area (Å²) in [5.74, 6) is 0. The van der Waals surface area contributed by atoms with E-state index in [-0.39, 0.29) is 0 Å². The van der Waals surface area contributed by atoms with Gasteiger partial charge in [-0.05, 0) is 45.7 Å². The third-order valence-corrected chi connectivity index (χ3v) is 3.93. The topological polar surface area (TPSA) is 24.5 Å². The van der Waals surface area contributed by atoms with Gasteiger partial charge >= 0.3 is 0 Å². The summed E-state index contributed by atoms with van der Waals surface area (Å²) >= 11 is 0. The first kappa shape index (κ1) is 12.3. The summed E-state index contributed by atoms with van der Waals surface area (Å²) < 4.78 is 5.66. The number of rotatable bonds is 6. The minimum absolute atomic E-state index is 0.545. The van der Waals surface area contributed by atoms with Crippen LogP contribution >= 0.6 is 0 Å². The second kappa shape index (κ2) is 5.99. The van der Waals surface area contributed by atoms with Crippen LogP contribution in [0.5, 0.6) is 0 Å². The van der Waals surface area contributed by atoms with E-state index in [0.717, 1.165) is 18.7 Å². The number of ether oxygens (including phenoxy) is 1. The molecule has 1 unspecified atom stereocenters. The van der Waals surface area contributed by atoms with Gasteiger partial charge in [0.1, 0.15) is 0 Å². The average Bonchev–Trinajstić information content (AvgIpc) is 2.73. The molecule has 0 spiro atoms. The normalized spacial score (nSPS) is 34.3. The monoisotopic (exact) mass is 226 g/mol. The summed E-state index contributed by atoms with van der Waals surface area (Å²) in [5.41, 5.74) is 0. The van der Waals surface area contributed by atoms with Crippen molar-refractivity contribution in [2.45, 2.75) is 57.7 Å². The second-order valence-electron chi connectivity index (χ2n) is 5.09. The smallest absolute Gasteiger partial charge is 0.0604 e. The Morgan fingerprint density at radius 1 is 1.25 bits per heavy atom. The number of nitrogens with one attached hydrogen (secondary N) is 1. The predicted molar refractivity (Wildman–Crippen MR) is 66.7 cm³/mol. The van der Waals surface area contributed by atoms with E-state index < -0.39 is 0 Å². The van der Waals surface area contributed by atoms with Gasteiger partial charge in [-0.15, -0.1) is 0 Å². The van der Waals surface area contributed by atoms with Gasteiger partial charge in [-0.3, -0.25) is 4.90 Å². The van der Waals surface area contributed by atoms with Crippen molar-refractivity contribution < 1.29 is 4.74 Å². The third kappa shape index (κ3) is 2.76. The lowest BCUT2D eigenvalue weighted by Crippen LogP contribution is -2.53. The molecule has 1 saturated carbocycles. The standard InChI is InChI=1S/C13H26N2O/c1-3-7-15(11-5-6-14-10-11)12-8-13(9-12)16-4-2/h11-14H,3-10H2,1-2H3. The molecule has 3 nitrogen and oxygen atoms in total. The molecule has 94 valence electrons. The molecule has 0 radical (unpaired) electrons. The Balaban J connectivity index is 1.79. The van der Waals surface area contributed by atoms with Gasteiger partial charge in [0.2, 0.25) is 0 Å². The van der Waals surface area contributed by atoms with Gasteiger partial charge in [-0.25, -0.2) is 0 Å². The fraction of sp³-hybridized carbons (Fsp3) is 1.00. The van der Waals surface area contributed by atoms with Crippen LogP contribution in [0.4, 0.5) is 0 Å². The zero-order chi connectivity index (χ0) is 11.4. The number of hydrogen-bond donors (Lipinski definition) is 1. The summed E-state index contributed by atoms with van der Waals surface area (Å²) in [6, 6.07) is 1.58. The zero-order valence-corrected chi connectivity index (χ0v) is 10.7. The Kier molecular flexibility index (Phi) is 4.62. The SMILES string of the molecule is CCCN(C1CCNC1)C1CC(OCC)C1. The largest absolute Gasteiger partial charge is 0.378 e. The molecule has 1 saturated heterocycles. The van der Waals surface area contributed by atoms with Crippen molar-refractivity contribution in [1.82, 2.24) is 10.2 Å². The van der Waals surface area contributed by atoms with E-state index in [1.807, 2.05) is 0 Å². The van der Waals surface area contributed by atoms with E-state index in [2.05, 4.69) is 24.1 Å². The van der Waals surface area contributed by atoms with Crippen LogP contribution in [-0.2, 0) is 4.74 Å².